The first-order chi connectivity index (χ1) is 5.77. The molecule has 5 nitrogen and oxygen atoms in total. The van der Waals surface area contributed by atoms with Crippen molar-refractivity contribution in [2.45, 2.75) is 6.54 Å². The van der Waals surface area contributed by atoms with Crippen molar-refractivity contribution in [1.82, 2.24) is 10.3 Å². The van der Waals surface area contributed by atoms with Crippen LogP contribution >= 0.6 is 0 Å². The minimum atomic E-state index is 0.402. The molecule has 0 saturated carbocycles. The maximum absolute atomic E-state index is 5.60. The molecule has 1 aliphatic heterocycles. The lowest BCUT2D eigenvalue weighted by molar-refractivity contribution is 0.692. The molecule has 0 atom stereocenters. The van der Waals surface area contributed by atoms with E-state index in [2.05, 4.69) is 15.6 Å². The molecule has 0 bridgehead atoms. The highest BCUT2D eigenvalue weighted by Gasteiger charge is 2.10. The standard InChI is InChI=1S/C7H11N5/c8-4-1-5-6(12-7(4)9)2-10-3-11-5/h1,10-11H,2-3,8H2,(H2,9,12). The number of hydrogen-bond donors (Lipinski definition) is 4. The summed E-state index contributed by atoms with van der Waals surface area (Å²) in [5, 5.41) is 6.24. The van der Waals surface area contributed by atoms with E-state index < -0.39 is 0 Å². The number of nitrogen functional groups attached to an aromatic ring is 2. The summed E-state index contributed by atoms with van der Waals surface area (Å²) in [5.74, 6) is 0.402. The molecule has 0 fully saturated rings. The van der Waals surface area contributed by atoms with Gasteiger partial charge in [0.25, 0.3) is 0 Å². The summed E-state index contributed by atoms with van der Waals surface area (Å²) in [6.45, 7) is 1.49. The van der Waals surface area contributed by atoms with E-state index in [4.69, 9.17) is 11.5 Å². The zero-order chi connectivity index (χ0) is 8.55. The highest BCUT2D eigenvalue weighted by molar-refractivity contribution is 5.67. The number of aromatic nitrogens is 1. The van der Waals surface area contributed by atoms with Crippen LogP contribution in [0.4, 0.5) is 17.2 Å². The smallest absolute Gasteiger partial charge is 0.147 e. The number of nitrogens with one attached hydrogen (secondary N) is 2. The lowest BCUT2D eigenvalue weighted by Crippen LogP contribution is -2.28. The van der Waals surface area contributed by atoms with Crippen LogP contribution < -0.4 is 22.1 Å². The normalized spacial score (nSPS) is 15.0. The molecule has 1 aromatic rings. The maximum Gasteiger partial charge on any atom is 0.147 e. The zero-order valence-corrected chi connectivity index (χ0v) is 6.59. The molecule has 6 N–H and O–H groups in total. The van der Waals surface area contributed by atoms with E-state index in [9.17, 15) is 0 Å². The molecule has 2 heterocycles. The van der Waals surface area contributed by atoms with E-state index >= 15 is 0 Å². The topological polar surface area (TPSA) is 89.0 Å². The third-order valence-electron chi connectivity index (χ3n) is 1.86. The monoisotopic (exact) mass is 165 g/mol. The number of nitrogens with two attached hydrogens (primary N) is 2. The van der Waals surface area contributed by atoms with Crippen LogP contribution in [-0.4, -0.2) is 11.7 Å². The van der Waals surface area contributed by atoms with Gasteiger partial charge >= 0.3 is 0 Å². The molecule has 0 unspecified atom stereocenters. The van der Waals surface area contributed by atoms with Gasteiger partial charge in [-0.1, -0.05) is 0 Å². The Balaban J connectivity index is 2.49. The van der Waals surface area contributed by atoms with Crippen molar-refractivity contribution in [2.75, 3.05) is 23.5 Å². The molecule has 12 heavy (non-hydrogen) atoms. The molecule has 0 radical (unpaired) electrons. The van der Waals surface area contributed by atoms with Crippen molar-refractivity contribution in [3.05, 3.63) is 11.8 Å². The summed E-state index contributed by atoms with van der Waals surface area (Å²) in [6.07, 6.45) is 0. The summed E-state index contributed by atoms with van der Waals surface area (Å²) in [4.78, 5) is 4.14. The Morgan fingerprint density at radius 3 is 3.08 bits per heavy atom. The van der Waals surface area contributed by atoms with Gasteiger partial charge in [0, 0.05) is 6.54 Å². The van der Waals surface area contributed by atoms with Crippen LogP contribution in [0, 0.1) is 0 Å². The number of rotatable bonds is 0. The average Bonchev–Trinajstić information content (AvgIpc) is 2.07. The van der Waals surface area contributed by atoms with Gasteiger partial charge < -0.3 is 16.8 Å². The van der Waals surface area contributed by atoms with Gasteiger partial charge in [-0.25, -0.2) is 4.98 Å². The van der Waals surface area contributed by atoms with Crippen LogP contribution in [-0.2, 0) is 6.54 Å². The first-order valence-electron chi connectivity index (χ1n) is 3.77. The molecular weight excluding hydrogens is 154 g/mol. The summed E-state index contributed by atoms with van der Waals surface area (Å²) >= 11 is 0. The highest BCUT2D eigenvalue weighted by Crippen LogP contribution is 2.22. The van der Waals surface area contributed by atoms with E-state index in [1.54, 1.807) is 0 Å². The van der Waals surface area contributed by atoms with Crippen molar-refractivity contribution < 1.29 is 0 Å². The van der Waals surface area contributed by atoms with Gasteiger partial charge in [-0.05, 0) is 6.07 Å². The van der Waals surface area contributed by atoms with Crippen molar-refractivity contribution in [2.24, 2.45) is 0 Å². The zero-order valence-electron chi connectivity index (χ0n) is 6.59. The Morgan fingerprint density at radius 2 is 2.25 bits per heavy atom. The van der Waals surface area contributed by atoms with Gasteiger partial charge in [0.1, 0.15) is 5.82 Å². The first-order valence-corrected chi connectivity index (χ1v) is 3.77. The van der Waals surface area contributed by atoms with Gasteiger partial charge in [0.05, 0.1) is 23.7 Å². The molecule has 5 heteroatoms. The number of fused-ring (bicyclic) bond motifs is 1. The fraction of sp³-hybridized carbons (Fsp3) is 0.286. The van der Waals surface area contributed by atoms with Gasteiger partial charge in [0.15, 0.2) is 0 Å². The molecular formula is C7H11N5. The molecule has 0 aromatic carbocycles. The van der Waals surface area contributed by atoms with Gasteiger partial charge in [-0.2, -0.15) is 0 Å². The Morgan fingerprint density at radius 1 is 1.42 bits per heavy atom. The highest BCUT2D eigenvalue weighted by atomic mass is 15.1. The second-order valence-corrected chi connectivity index (χ2v) is 2.74. The average molecular weight is 165 g/mol. The molecule has 0 saturated heterocycles. The van der Waals surface area contributed by atoms with Crippen LogP contribution in [0.3, 0.4) is 0 Å². The van der Waals surface area contributed by atoms with Crippen molar-refractivity contribution in [3.63, 3.8) is 0 Å². The summed E-state index contributed by atoms with van der Waals surface area (Å²) in [6, 6.07) is 1.82. The first kappa shape index (κ1) is 7.17. The largest absolute Gasteiger partial charge is 0.396 e. The predicted octanol–water partition coefficient (Wildman–Crippen LogP) is -0.281. The van der Waals surface area contributed by atoms with E-state index in [0.717, 1.165) is 24.6 Å². The molecule has 0 spiro atoms. The Kier molecular flexibility index (Phi) is 1.51. The minimum Gasteiger partial charge on any atom is -0.396 e. The van der Waals surface area contributed by atoms with Crippen LogP contribution in [0.25, 0.3) is 0 Å². The fourth-order valence-corrected chi connectivity index (χ4v) is 1.21. The van der Waals surface area contributed by atoms with E-state index in [1.807, 2.05) is 6.07 Å². The molecule has 64 valence electrons. The van der Waals surface area contributed by atoms with E-state index in [0.29, 0.717) is 11.5 Å². The molecule has 1 aromatic heterocycles. The Labute approximate surface area is 70.2 Å². The Hall–Kier alpha value is -1.49. The minimum absolute atomic E-state index is 0.402. The van der Waals surface area contributed by atoms with Crippen LogP contribution in [0.5, 0.6) is 0 Å². The fourth-order valence-electron chi connectivity index (χ4n) is 1.21. The number of pyridine rings is 1. The van der Waals surface area contributed by atoms with Gasteiger partial charge in [-0.3, -0.25) is 5.32 Å². The molecule has 1 aliphatic rings. The molecule has 0 aliphatic carbocycles. The van der Waals surface area contributed by atoms with Crippen molar-refractivity contribution in [3.8, 4) is 0 Å². The number of nitrogens with zero attached hydrogens (tertiary/aromatic N) is 1. The summed E-state index contributed by atoms with van der Waals surface area (Å²) in [7, 11) is 0. The van der Waals surface area contributed by atoms with Crippen LogP contribution in [0.1, 0.15) is 5.69 Å². The van der Waals surface area contributed by atoms with E-state index in [1.165, 1.54) is 0 Å². The van der Waals surface area contributed by atoms with Crippen molar-refractivity contribution in [1.29, 1.82) is 0 Å². The van der Waals surface area contributed by atoms with Crippen LogP contribution in [0.2, 0.25) is 0 Å². The third-order valence-corrected chi connectivity index (χ3v) is 1.86. The lowest BCUT2D eigenvalue weighted by Gasteiger charge is -2.18. The van der Waals surface area contributed by atoms with Gasteiger partial charge in [-0.15, -0.1) is 0 Å². The molecule has 2 rings (SSSR count). The number of hydrogen-bond acceptors (Lipinski definition) is 5. The second-order valence-electron chi connectivity index (χ2n) is 2.74. The predicted molar refractivity (Wildman–Crippen MR) is 48.4 cm³/mol. The van der Waals surface area contributed by atoms with Crippen LogP contribution in [0.15, 0.2) is 6.07 Å². The SMILES string of the molecule is Nc1cc2c(nc1N)CNCN2. The number of anilines is 3. The maximum atomic E-state index is 5.60. The second kappa shape index (κ2) is 2.53. The van der Waals surface area contributed by atoms with Gasteiger partial charge in [0.2, 0.25) is 0 Å². The quantitative estimate of drug-likeness (QED) is 0.424. The third kappa shape index (κ3) is 1.04. The summed E-state index contributed by atoms with van der Waals surface area (Å²) in [5.41, 5.74) is 13.6. The summed E-state index contributed by atoms with van der Waals surface area (Å²) < 4.78 is 0. The Bertz CT molecular complexity index is 278. The van der Waals surface area contributed by atoms with E-state index in [-0.39, 0.29) is 0 Å². The molecule has 0 amide bonds. The van der Waals surface area contributed by atoms with Crippen molar-refractivity contribution >= 4 is 17.2 Å². The lowest BCUT2D eigenvalue weighted by atomic mass is 10.2.